The van der Waals surface area contributed by atoms with Crippen molar-refractivity contribution in [3.63, 3.8) is 0 Å². The van der Waals surface area contributed by atoms with Gasteiger partial charge in [0.1, 0.15) is 11.5 Å². The molecule has 3 nitrogen and oxygen atoms in total. The van der Waals surface area contributed by atoms with Crippen LogP contribution < -0.4 is 4.74 Å². The molecular formula is C18H11ClN2O. The van der Waals surface area contributed by atoms with Crippen molar-refractivity contribution in [1.29, 1.82) is 0 Å². The molecule has 0 unspecified atom stereocenters. The minimum atomic E-state index is 0.358. The molecule has 1 aromatic heterocycles. The van der Waals surface area contributed by atoms with Crippen molar-refractivity contribution in [2.45, 2.75) is 0 Å². The van der Waals surface area contributed by atoms with Crippen LogP contribution >= 0.6 is 11.6 Å². The third-order valence-corrected chi connectivity index (χ3v) is 3.41. The second-order valence-electron chi connectivity index (χ2n) is 4.57. The third-order valence-electron chi connectivity index (χ3n) is 3.13. The van der Waals surface area contributed by atoms with Crippen LogP contribution in [0.4, 0.5) is 5.69 Å². The summed E-state index contributed by atoms with van der Waals surface area (Å²) in [5.41, 5.74) is 2.00. The molecule has 2 aromatic carbocycles. The summed E-state index contributed by atoms with van der Waals surface area (Å²) in [6.07, 6.45) is 3.12. The van der Waals surface area contributed by atoms with Gasteiger partial charge in [0, 0.05) is 18.0 Å². The third kappa shape index (κ3) is 2.93. The van der Waals surface area contributed by atoms with Crippen LogP contribution in [0.5, 0.6) is 11.5 Å². The summed E-state index contributed by atoms with van der Waals surface area (Å²) < 4.78 is 5.75. The fraction of sp³-hybridized carbons (Fsp3) is 0. The number of halogens is 1. The number of hydrogen-bond acceptors (Lipinski definition) is 2. The lowest BCUT2D eigenvalue weighted by atomic mass is 10.1. The van der Waals surface area contributed by atoms with Crippen LogP contribution in [0.3, 0.4) is 0 Å². The first-order valence-electron chi connectivity index (χ1n) is 6.62. The molecule has 0 amide bonds. The minimum Gasteiger partial charge on any atom is -0.457 e. The van der Waals surface area contributed by atoms with Gasteiger partial charge < -0.3 is 4.74 Å². The highest BCUT2D eigenvalue weighted by Crippen LogP contribution is 2.36. The zero-order chi connectivity index (χ0) is 15.4. The van der Waals surface area contributed by atoms with Crippen LogP contribution in [0, 0.1) is 6.57 Å². The van der Waals surface area contributed by atoms with Gasteiger partial charge in [-0.3, -0.25) is 4.98 Å². The summed E-state index contributed by atoms with van der Waals surface area (Å²) in [6.45, 7) is 7.25. The highest BCUT2D eigenvalue weighted by Gasteiger charge is 2.10. The fourth-order valence-corrected chi connectivity index (χ4v) is 2.28. The number of hydrogen-bond donors (Lipinski definition) is 0. The van der Waals surface area contributed by atoms with Crippen molar-refractivity contribution in [2.24, 2.45) is 0 Å². The average molecular weight is 307 g/mol. The van der Waals surface area contributed by atoms with Gasteiger partial charge in [0.15, 0.2) is 0 Å². The molecule has 106 valence electrons. The highest BCUT2D eigenvalue weighted by molar-refractivity contribution is 6.33. The Labute approximate surface area is 133 Å². The van der Waals surface area contributed by atoms with Crippen LogP contribution in [0.2, 0.25) is 5.02 Å². The second kappa shape index (κ2) is 6.30. The van der Waals surface area contributed by atoms with Crippen LogP contribution in [0.25, 0.3) is 16.0 Å². The number of ether oxygens (including phenoxy) is 1. The van der Waals surface area contributed by atoms with Crippen LogP contribution in [-0.4, -0.2) is 4.98 Å². The Morgan fingerprint density at radius 1 is 0.909 bits per heavy atom. The standard InChI is InChI=1S/C18H11ClN2O/c1-20-18-16(11-21-12-17(18)19)13-7-9-15(10-8-13)22-14-5-3-2-4-6-14/h2-12H. The first-order valence-corrected chi connectivity index (χ1v) is 7.00. The topological polar surface area (TPSA) is 26.5 Å². The van der Waals surface area contributed by atoms with Gasteiger partial charge in [-0.15, -0.1) is 0 Å². The Hall–Kier alpha value is -2.83. The lowest BCUT2D eigenvalue weighted by Crippen LogP contribution is -1.85. The van der Waals surface area contributed by atoms with Gasteiger partial charge in [-0.25, -0.2) is 4.85 Å². The fourth-order valence-electron chi connectivity index (χ4n) is 2.08. The summed E-state index contributed by atoms with van der Waals surface area (Å²) in [5.74, 6) is 1.51. The Morgan fingerprint density at radius 3 is 2.27 bits per heavy atom. The van der Waals surface area contributed by atoms with Gasteiger partial charge >= 0.3 is 0 Å². The van der Waals surface area contributed by atoms with Crippen LogP contribution in [0.1, 0.15) is 0 Å². The lowest BCUT2D eigenvalue weighted by Gasteiger charge is -2.08. The van der Waals surface area contributed by atoms with E-state index in [1.54, 1.807) is 6.20 Å². The maximum absolute atomic E-state index is 7.25. The molecule has 0 bridgehead atoms. The average Bonchev–Trinajstić information content (AvgIpc) is 2.56. The van der Waals surface area contributed by atoms with Crippen molar-refractivity contribution >= 4 is 17.3 Å². The molecule has 0 atom stereocenters. The first kappa shape index (κ1) is 14.1. The van der Waals surface area contributed by atoms with E-state index in [4.69, 9.17) is 22.9 Å². The highest BCUT2D eigenvalue weighted by atomic mass is 35.5. The monoisotopic (exact) mass is 306 g/mol. The van der Waals surface area contributed by atoms with Crippen molar-refractivity contribution < 1.29 is 4.74 Å². The normalized spacial score (nSPS) is 10.0. The van der Waals surface area contributed by atoms with Gasteiger partial charge in [0.05, 0.1) is 11.6 Å². The van der Waals surface area contributed by atoms with E-state index in [0.29, 0.717) is 16.3 Å². The summed E-state index contributed by atoms with van der Waals surface area (Å²) in [7, 11) is 0. The van der Waals surface area contributed by atoms with Crippen molar-refractivity contribution in [3.05, 3.63) is 83.4 Å². The molecule has 0 radical (unpaired) electrons. The SMILES string of the molecule is [C-]#[N+]c1c(Cl)cncc1-c1ccc(Oc2ccccc2)cc1. The number of benzene rings is 2. The van der Waals surface area contributed by atoms with E-state index in [1.165, 1.54) is 6.20 Å². The number of pyridine rings is 1. The van der Waals surface area contributed by atoms with Gasteiger partial charge in [-0.2, -0.15) is 0 Å². The van der Waals surface area contributed by atoms with E-state index >= 15 is 0 Å². The Bertz CT molecular complexity index is 824. The predicted octanol–water partition coefficient (Wildman–Crippen LogP) is 5.75. The van der Waals surface area contributed by atoms with Gasteiger partial charge in [-0.05, 0) is 29.8 Å². The summed E-state index contributed by atoms with van der Waals surface area (Å²) in [6, 6.07) is 17.1. The molecule has 0 aliphatic carbocycles. The largest absolute Gasteiger partial charge is 0.457 e. The Morgan fingerprint density at radius 2 is 1.59 bits per heavy atom. The van der Waals surface area contributed by atoms with E-state index in [0.717, 1.165) is 17.1 Å². The Kier molecular flexibility index (Phi) is 4.04. The molecule has 0 aliphatic rings. The molecule has 0 N–H and O–H groups in total. The van der Waals surface area contributed by atoms with E-state index < -0.39 is 0 Å². The van der Waals surface area contributed by atoms with Crippen molar-refractivity contribution in [2.75, 3.05) is 0 Å². The van der Waals surface area contributed by atoms with Gasteiger partial charge in [-0.1, -0.05) is 41.9 Å². The molecule has 3 rings (SSSR count). The predicted molar refractivity (Wildman–Crippen MR) is 87.5 cm³/mol. The molecular weight excluding hydrogens is 296 g/mol. The molecule has 0 fully saturated rings. The number of rotatable bonds is 3. The molecule has 0 saturated carbocycles. The van der Waals surface area contributed by atoms with Crippen molar-refractivity contribution in [1.82, 2.24) is 4.98 Å². The quantitative estimate of drug-likeness (QED) is 0.576. The number of aromatic nitrogens is 1. The zero-order valence-electron chi connectivity index (χ0n) is 11.5. The molecule has 3 aromatic rings. The summed E-state index contributed by atoms with van der Waals surface area (Å²) >= 11 is 6.02. The molecule has 0 spiro atoms. The molecule has 4 heteroatoms. The Balaban J connectivity index is 1.89. The van der Waals surface area contributed by atoms with Crippen LogP contribution in [0.15, 0.2) is 67.0 Å². The maximum atomic E-state index is 7.25. The van der Waals surface area contributed by atoms with E-state index in [2.05, 4.69) is 9.83 Å². The molecule has 0 aliphatic heterocycles. The smallest absolute Gasteiger partial charge is 0.216 e. The summed E-state index contributed by atoms with van der Waals surface area (Å²) in [4.78, 5) is 7.54. The van der Waals surface area contributed by atoms with Crippen LogP contribution in [-0.2, 0) is 0 Å². The minimum absolute atomic E-state index is 0.358. The van der Waals surface area contributed by atoms with Gasteiger partial charge in [0.2, 0.25) is 5.69 Å². The van der Waals surface area contributed by atoms with E-state index in [-0.39, 0.29) is 0 Å². The van der Waals surface area contributed by atoms with Crippen molar-refractivity contribution in [3.8, 4) is 22.6 Å². The second-order valence-corrected chi connectivity index (χ2v) is 4.98. The summed E-state index contributed by atoms with van der Waals surface area (Å²) in [5, 5.41) is 0.358. The number of nitrogens with zero attached hydrogens (tertiary/aromatic N) is 2. The van der Waals surface area contributed by atoms with Gasteiger partial charge in [0.25, 0.3) is 0 Å². The first-order chi connectivity index (χ1) is 10.8. The number of para-hydroxylation sites is 1. The van der Waals surface area contributed by atoms with E-state index in [1.807, 2.05) is 54.6 Å². The van der Waals surface area contributed by atoms with E-state index in [9.17, 15) is 0 Å². The maximum Gasteiger partial charge on any atom is 0.216 e. The lowest BCUT2D eigenvalue weighted by molar-refractivity contribution is 0.483. The zero-order valence-corrected chi connectivity index (χ0v) is 12.3. The molecule has 22 heavy (non-hydrogen) atoms. The molecule has 1 heterocycles. The molecule has 0 saturated heterocycles.